The molecule has 3 aromatic rings. The van der Waals surface area contributed by atoms with Crippen LogP contribution in [-0.4, -0.2) is 25.5 Å². The number of benzene rings is 3. The van der Waals surface area contributed by atoms with Crippen molar-refractivity contribution in [2.75, 3.05) is 6.61 Å². The maximum atomic E-state index is 14.0. The molecule has 3 aromatic carbocycles. The number of hydrogen-bond donors (Lipinski definition) is 0. The van der Waals surface area contributed by atoms with Crippen LogP contribution in [0.15, 0.2) is 65.6 Å². The standard InChI is InChI=1S/C38H42O5S/c1-22(2)30-15-33(23(3)12-34(30)44(40,41)42)38-18-24-13-25(19-38)17-37(16-24,20-38)21-43-36(39)32-14-31-26-8-4-6-10-28(26)35(32)29-11-7-5-9-27(29)31/h4-12,15,22,24-25,31-32,35H,13-14,16-21H2,1-3H3,(H,40,41,42)/p-1. The third-order valence-electron chi connectivity index (χ3n) is 12.1. The van der Waals surface area contributed by atoms with Gasteiger partial charge in [0, 0.05) is 17.3 Å². The molecule has 0 saturated heterocycles. The van der Waals surface area contributed by atoms with E-state index in [2.05, 4.69) is 48.5 Å². The Labute approximate surface area is 261 Å². The van der Waals surface area contributed by atoms with E-state index in [4.69, 9.17) is 4.74 Å². The monoisotopic (exact) mass is 609 g/mol. The summed E-state index contributed by atoms with van der Waals surface area (Å²) < 4.78 is 43.0. The molecule has 7 aliphatic carbocycles. The quantitative estimate of drug-likeness (QED) is 0.211. The summed E-state index contributed by atoms with van der Waals surface area (Å²) in [5.74, 6) is 1.11. The van der Waals surface area contributed by atoms with Crippen LogP contribution in [0.2, 0.25) is 0 Å². The predicted octanol–water partition coefficient (Wildman–Crippen LogP) is 7.70. The molecule has 0 N–H and O–H groups in total. The number of hydrogen-bond acceptors (Lipinski definition) is 5. The van der Waals surface area contributed by atoms with Crippen molar-refractivity contribution >= 4 is 16.1 Å². The fourth-order valence-corrected chi connectivity index (χ4v) is 12.0. The van der Waals surface area contributed by atoms with Gasteiger partial charge < -0.3 is 9.29 Å². The first-order chi connectivity index (χ1) is 21.0. The van der Waals surface area contributed by atoms with Crippen molar-refractivity contribution in [1.82, 2.24) is 0 Å². The van der Waals surface area contributed by atoms with Crippen molar-refractivity contribution < 1.29 is 22.5 Å². The van der Waals surface area contributed by atoms with Gasteiger partial charge in [0.25, 0.3) is 0 Å². The Balaban J connectivity index is 1.09. The molecule has 0 radical (unpaired) electrons. The Hall–Kier alpha value is -2.96. The molecule has 4 fully saturated rings. The maximum absolute atomic E-state index is 14.0. The van der Waals surface area contributed by atoms with Gasteiger partial charge in [-0.3, -0.25) is 4.79 Å². The van der Waals surface area contributed by atoms with Gasteiger partial charge in [0.2, 0.25) is 0 Å². The fourth-order valence-electron chi connectivity index (χ4n) is 11.1. The summed E-state index contributed by atoms with van der Waals surface area (Å²) in [6, 6.07) is 20.9. The number of aryl methyl sites for hydroxylation is 1. The van der Waals surface area contributed by atoms with Gasteiger partial charge in [-0.25, -0.2) is 8.42 Å². The van der Waals surface area contributed by atoms with E-state index in [9.17, 15) is 17.8 Å². The Morgan fingerprint density at radius 3 is 2.07 bits per heavy atom. The summed E-state index contributed by atoms with van der Waals surface area (Å²) in [5.41, 5.74) is 7.87. The molecule has 5 nitrogen and oxygen atoms in total. The van der Waals surface area contributed by atoms with Crippen molar-refractivity contribution in [3.05, 3.63) is 99.6 Å². The third-order valence-corrected chi connectivity index (χ3v) is 13.0. The van der Waals surface area contributed by atoms with E-state index in [-0.39, 0.29) is 45.4 Å². The van der Waals surface area contributed by atoms with E-state index < -0.39 is 10.1 Å². The molecule has 10 rings (SSSR count). The second kappa shape index (κ2) is 9.77. The van der Waals surface area contributed by atoms with Crippen LogP contribution in [0.5, 0.6) is 0 Å². The van der Waals surface area contributed by atoms with Gasteiger partial charge in [0.15, 0.2) is 0 Å². The van der Waals surface area contributed by atoms with Gasteiger partial charge in [-0.05, 0) is 120 Å². The lowest BCUT2D eigenvalue weighted by atomic mass is 9.43. The largest absolute Gasteiger partial charge is 0.744 e. The van der Waals surface area contributed by atoms with Crippen molar-refractivity contribution in [2.24, 2.45) is 23.2 Å². The van der Waals surface area contributed by atoms with E-state index >= 15 is 0 Å². The molecular formula is C38H41O5S-. The van der Waals surface area contributed by atoms with Crippen molar-refractivity contribution in [1.29, 1.82) is 0 Å². The molecule has 6 bridgehead atoms. The van der Waals surface area contributed by atoms with E-state index in [1.165, 1.54) is 34.2 Å². The lowest BCUT2D eigenvalue weighted by Crippen LogP contribution is -2.56. The minimum atomic E-state index is -4.56. The number of carbonyl (C=O) groups is 1. The lowest BCUT2D eigenvalue weighted by molar-refractivity contribution is -0.163. The summed E-state index contributed by atoms with van der Waals surface area (Å²) in [5, 5.41) is 0. The molecule has 0 spiro atoms. The van der Waals surface area contributed by atoms with Gasteiger partial charge in [-0.1, -0.05) is 68.4 Å². The van der Waals surface area contributed by atoms with Gasteiger partial charge >= 0.3 is 5.97 Å². The highest BCUT2D eigenvalue weighted by Gasteiger charge is 2.59. The van der Waals surface area contributed by atoms with E-state index in [0.29, 0.717) is 24.0 Å². The van der Waals surface area contributed by atoms with Crippen LogP contribution in [0.25, 0.3) is 0 Å². The van der Waals surface area contributed by atoms with Crippen molar-refractivity contribution in [2.45, 2.75) is 93.8 Å². The molecule has 0 heterocycles. The summed E-state index contributed by atoms with van der Waals surface area (Å²) in [7, 11) is -4.56. The highest BCUT2D eigenvalue weighted by Crippen LogP contribution is 2.66. The molecule has 44 heavy (non-hydrogen) atoms. The first-order valence-corrected chi connectivity index (χ1v) is 17.8. The van der Waals surface area contributed by atoms with E-state index in [1.54, 1.807) is 6.07 Å². The topological polar surface area (TPSA) is 83.5 Å². The molecule has 7 aliphatic rings. The second-order valence-corrected chi connectivity index (χ2v) is 16.6. The van der Waals surface area contributed by atoms with Crippen molar-refractivity contribution in [3.63, 3.8) is 0 Å². The Bertz CT molecular complexity index is 1730. The van der Waals surface area contributed by atoms with E-state index in [0.717, 1.165) is 44.1 Å². The fraction of sp³-hybridized carbons (Fsp3) is 0.500. The van der Waals surface area contributed by atoms with Crippen LogP contribution in [0.3, 0.4) is 0 Å². The van der Waals surface area contributed by atoms with Crippen LogP contribution < -0.4 is 0 Å². The molecule has 3 atom stereocenters. The van der Waals surface area contributed by atoms with Crippen LogP contribution in [0.1, 0.15) is 115 Å². The average Bonchev–Trinajstić information content (AvgIpc) is 2.98. The molecule has 3 unspecified atom stereocenters. The van der Waals surface area contributed by atoms with Crippen molar-refractivity contribution in [3.8, 4) is 0 Å². The summed E-state index contributed by atoms with van der Waals surface area (Å²) >= 11 is 0. The molecule has 0 amide bonds. The first kappa shape index (κ1) is 28.5. The van der Waals surface area contributed by atoms with Crippen LogP contribution in [0, 0.1) is 30.1 Å². The lowest BCUT2D eigenvalue weighted by Gasteiger charge is -2.62. The zero-order valence-corrected chi connectivity index (χ0v) is 26.7. The van der Waals surface area contributed by atoms with Crippen LogP contribution in [0.4, 0.5) is 0 Å². The summed E-state index contributed by atoms with van der Waals surface area (Å²) in [6.07, 6.45) is 7.31. The minimum absolute atomic E-state index is 0.0375. The summed E-state index contributed by atoms with van der Waals surface area (Å²) in [6.45, 7) is 6.34. The second-order valence-electron chi connectivity index (χ2n) is 15.3. The Morgan fingerprint density at radius 1 is 0.909 bits per heavy atom. The Morgan fingerprint density at radius 2 is 1.50 bits per heavy atom. The number of ether oxygens (including phenoxy) is 1. The first-order valence-electron chi connectivity index (χ1n) is 16.4. The average molecular weight is 610 g/mol. The third kappa shape index (κ3) is 4.27. The van der Waals surface area contributed by atoms with Gasteiger partial charge in [-0.15, -0.1) is 0 Å². The van der Waals surface area contributed by atoms with Crippen LogP contribution in [-0.2, 0) is 25.1 Å². The normalized spacial score (nSPS) is 32.9. The smallest absolute Gasteiger partial charge is 0.309 e. The zero-order valence-electron chi connectivity index (χ0n) is 25.8. The van der Waals surface area contributed by atoms with Gasteiger partial charge in [0.05, 0.1) is 17.4 Å². The zero-order chi connectivity index (χ0) is 30.6. The van der Waals surface area contributed by atoms with Gasteiger partial charge in [-0.2, -0.15) is 0 Å². The molecule has 6 heteroatoms. The molecule has 0 aliphatic heterocycles. The highest BCUT2D eigenvalue weighted by atomic mass is 32.2. The van der Waals surface area contributed by atoms with Crippen LogP contribution >= 0.6 is 0 Å². The SMILES string of the molecule is Cc1cc(S(=O)(=O)[O-])c(C(C)C)cc1C12CC3CC(CC(COC(=O)C4CC5c6ccccc6C4c4ccccc45)(C3)C1)C2. The number of fused-ring (bicyclic) bond motifs is 1. The Kier molecular flexibility index (Phi) is 6.33. The maximum Gasteiger partial charge on any atom is 0.309 e. The molecule has 4 saturated carbocycles. The number of rotatable bonds is 6. The van der Waals surface area contributed by atoms with Gasteiger partial charge in [0.1, 0.15) is 10.1 Å². The predicted molar refractivity (Wildman–Crippen MR) is 168 cm³/mol. The minimum Gasteiger partial charge on any atom is -0.744 e. The number of esters is 1. The highest BCUT2D eigenvalue weighted by molar-refractivity contribution is 7.85. The molecule has 230 valence electrons. The van der Waals surface area contributed by atoms with E-state index in [1.807, 2.05) is 26.8 Å². The number of carbonyl (C=O) groups excluding carboxylic acids is 1. The molecular weight excluding hydrogens is 568 g/mol. The summed E-state index contributed by atoms with van der Waals surface area (Å²) in [4.78, 5) is 14.0. The molecule has 0 aromatic heterocycles.